The van der Waals surface area contributed by atoms with Gasteiger partial charge in [-0.25, -0.2) is 0 Å². The second-order valence-corrected chi connectivity index (χ2v) is 6.26. The van der Waals surface area contributed by atoms with Crippen LogP contribution < -0.4 is 16.6 Å². The highest BCUT2D eigenvalue weighted by Gasteiger charge is 1.94. The predicted molar refractivity (Wildman–Crippen MR) is 95.4 cm³/mol. The van der Waals surface area contributed by atoms with E-state index >= 15 is 0 Å². The minimum Gasteiger partial charge on any atom is -0.317 e. The number of unbranched alkanes of at least 4 members (excludes halogenated alkanes) is 13. The van der Waals surface area contributed by atoms with Gasteiger partial charge in [0, 0.05) is 6.54 Å². The highest BCUT2D eigenvalue weighted by molar-refractivity contribution is 4.51. The number of nitrogens with one attached hydrogen (secondary N) is 2. The average Bonchev–Trinajstić information content (AvgIpc) is 2.50. The second-order valence-electron chi connectivity index (χ2n) is 6.26. The van der Waals surface area contributed by atoms with Gasteiger partial charge in [0.1, 0.15) is 0 Å². The molecule has 0 aromatic carbocycles. The molecule has 0 amide bonds. The number of hydrazine groups is 1. The molecule has 128 valence electrons. The van der Waals surface area contributed by atoms with Crippen molar-refractivity contribution in [2.45, 2.75) is 96.8 Å². The molecule has 0 rings (SSSR count). The Morgan fingerprint density at radius 2 is 0.857 bits per heavy atom. The van der Waals surface area contributed by atoms with Gasteiger partial charge in [-0.1, -0.05) is 84.0 Å². The molecule has 0 bridgehead atoms. The fourth-order valence-electron chi connectivity index (χ4n) is 2.78. The summed E-state index contributed by atoms with van der Waals surface area (Å²) < 4.78 is 0. The third kappa shape index (κ3) is 19.9. The maximum absolute atomic E-state index is 5.24. The van der Waals surface area contributed by atoms with E-state index in [1.807, 2.05) is 0 Å². The minimum atomic E-state index is 0.967. The number of rotatable bonds is 18. The van der Waals surface area contributed by atoms with E-state index < -0.39 is 0 Å². The van der Waals surface area contributed by atoms with Crippen LogP contribution in [0.4, 0.5) is 0 Å². The Bertz CT molecular complexity index is 156. The van der Waals surface area contributed by atoms with Gasteiger partial charge < -0.3 is 5.32 Å². The van der Waals surface area contributed by atoms with Crippen LogP contribution in [0, 0.1) is 0 Å². The summed E-state index contributed by atoms with van der Waals surface area (Å²) >= 11 is 0. The standard InChI is InChI=1S/C18H41N3/c1-2-20-17-15-13-11-9-7-5-3-4-6-8-10-12-14-16-18-21-19/h20-21H,2-19H2,1H3. The van der Waals surface area contributed by atoms with E-state index in [-0.39, 0.29) is 0 Å². The Labute approximate surface area is 133 Å². The molecule has 0 aliphatic carbocycles. The third-order valence-corrected chi connectivity index (χ3v) is 4.17. The first-order valence-electron chi connectivity index (χ1n) is 9.56. The molecule has 3 nitrogen and oxygen atoms in total. The molecule has 0 fully saturated rings. The molecule has 0 radical (unpaired) electrons. The molecule has 0 heterocycles. The summed E-state index contributed by atoms with van der Waals surface area (Å²) in [6.07, 6.45) is 19.7. The third-order valence-electron chi connectivity index (χ3n) is 4.17. The smallest absolute Gasteiger partial charge is 0.00974 e. The first-order chi connectivity index (χ1) is 10.4. The minimum absolute atomic E-state index is 0.967. The van der Waals surface area contributed by atoms with Crippen LogP contribution in [-0.2, 0) is 0 Å². The zero-order chi connectivity index (χ0) is 15.4. The average molecular weight is 300 g/mol. The van der Waals surface area contributed by atoms with E-state index in [2.05, 4.69) is 17.7 Å². The van der Waals surface area contributed by atoms with Crippen LogP contribution in [0.15, 0.2) is 0 Å². The van der Waals surface area contributed by atoms with Crippen molar-refractivity contribution in [3.05, 3.63) is 0 Å². The molecule has 0 spiro atoms. The summed E-state index contributed by atoms with van der Waals surface area (Å²) in [5.41, 5.74) is 2.72. The summed E-state index contributed by atoms with van der Waals surface area (Å²) in [7, 11) is 0. The van der Waals surface area contributed by atoms with Crippen molar-refractivity contribution in [2.75, 3.05) is 19.6 Å². The Kier molecular flexibility index (Phi) is 19.8. The fraction of sp³-hybridized carbons (Fsp3) is 1.00. The molecule has 0 saturated carbocycles. The molecule has 0 unspecified atom stereocenters. The van der Waals surface area contributed by atoms with E-state index in [1.165, 1.54) is 96.4 Å². The van der Waals surface area contributed by atoms with Gasteiger partial charge in [0.15, 0.2) is 0 Å². The Balaban J connectivity index is 2.90. The lowest BCUT2D eigenvalue weighted by molar-refractivity contribution is 0.526. The quantitative estimate of drug-likeness (QED) is 0.198. The van der Waals surface area contributed by atoms with Gasteiger partial charge in [0.25, 0.3) is 0 Å². The van der Waals surface area contributed by atoms with Crippen molar-refractivity contribution in [3.8, 4) is 0 Å². The fourth-order valence-corrected chi connectivity index (χ4v) is 2.78. The molecule has 21 heavy (non-hydrogen) atoms. The summed E-state index contributed by atoms with van der Waals surface area (Å²) in [5.74, 6) is 5.24. The van der Waals surface area contributed by atoms with Crippen LogP contribution in [0.2, 0.25) is 0 Å². The van der Waals surface area contributed by atoms with Gasteiger partial charge in [0.05, 0.1) is 0 Å². The maximum Gasteiger partial charge on any atom is 0.00974 e. The first kappa shape index (κ1) is 20.9. The summed E-state index contributed by atoms with van der Waals surface area (Å²) in [5, 5.41) is 3.39. The number of hydrogen-bond donors (Lipinski definition) is 3. The van der Waals surface area contributed by atoms with Crippen LogP contribution in [0.25, 0.3) is 0 Å². The van der Waals surface area contributed by atoms with Crippen molar-refractivity contribution >= 4 is 0 Å². The second kappa shape index (κ2) is 19.9. The van der Waals surface area contributed by atoms with Gasteiger partial charge in [-0.05, 0) is 25.9 Å². The van der Waals surface area contributed by atoms with Gasteiger partial charge >= 0.3 is 0 Å². The van der Waals surface area contributed by atoms with Crippen LogP contribution in [0.5, 0.6) is 0 Å². The topological polar surface area (TPSA) is 50.1 Å². The van der Waals surface area contributed by atoms with Crippen LogP contribution in [-0.4, -0.2) is 19.6 Å². The largest absolute Gasteiger partial charge is 0.317 e. The van der Waals surface area contributed by atoms with Crippen molar-refractivity contribution < 1.29 is 0 Å². The van der Waals surface area contributed by atoms with E-state index in [9.17, 15) is 0 Å². The molecule has 0 aliphatic heterocycles. The molecular weight excluding hydrogens is 258 g/mol. The molecular formula is C18H41N3. The highest BCUT2D eigenvalue weighted by Crippen LogP contribution is 2.12. The molecule has 0 aromatic rings. The summed E-state index contributed by atoms with van der Waals surface area (Å²) in [6.45, 7) is 5.47. The van der Waals surface area contributed by atoms with Crippen molar-refractivity contribution in [2.24, 2.45) is 5.84 Å². The molecule has 0 saturated heterocycles. The lowest BCUT2D eigenvalue weighted by Gasteiger charge is -2.04. The first-order valence-corrected chi connectivity index (χ1v) is 9.56. The van der Waals surface area contributed by atoms with Gasteiger partial charge in [0.2, 0.25) is 0 Å². The van der Waals surface area contributed by atoms with E-state index in [1.54, 1.807) is 0 Å². The van der Waals surface area contributed by atoms with Crippen molar-refractivity contribution in [1.29, 1.82) is 0 Å². The van der Waals surface area contributed by atoms with E-state index in [0.717, 1.165) is 13.1 Å². The number of nitrogens with two attached hydrogens (primary N) is 1. The Morgan fingerprint density at radius 3 is 1.19 bits per heavy atom. The highest BCUT2D eigenvalue weighted by atomic mass is 15.2. The maximum atomic E-state index is 5.24. The van der Waals surface area contributed by atoms with Crippen LogP contribution in [0.3, 0.4) is 0 Å². The zero-order valence-electron chi connectivity index (χ0n) is 14.6. The Hall–Kier alpha value is -0.120. The SMILES string of the molecule is CCNCCCCCCCCCCCCCCCCNN. The summed E-state index contributed by atoms with van der Waals surface area (Å²) in [4.78, 5) is 0. The van der Waals surface area contributed by atoms with E-state index in [4.69, 9.17) is 5.84 Å². The molecule has 0 aromatic heterocycles. The predicted octanol–water partition coefficient (Wildman–Crippen LogP) is 4.52. The lowest BCUT2D eigenvalue weighted by Crippen LogP contribution is -2.22. The zero-order valence-corrected chi connectivity index (χ0v) is 14.6. The Morgan fingerprint density at radius 1 is 0.524 bits per heavy atom. The normalized spacial score (nSPS) is 11.1. The van der Waals surface area contributed by atoms with Crippen LogP contribution >= 0.6 is 0 Å². The molecule has 0 aliphatic rings. The molecule has 0 atom stereocenters. The number of hydrogen-bond acceptors (Lipinski definition) is 3. The van der Waals surface area contributed by atoms with Gasteiger partial charge in [-0.2, -0.15) is 0 Å². The van der Waals surface area contributed by atoms with Gasteiger partial charge in [-0.3, -0.25) is 11.3 Å². The summed E-state index contributed by atoms with van der Waals surface area (Å²) in [6, 6.07) is 0. The van der Waals surface area contributed by atoms with Crippen molar-refractivity contribution in [3.63, 3.8) is 0 Å². The monoisotopic (exact) mass is 299 g/mol. The van der Waals surface area contributed by atoms with Crippen molar-refractivity contribution in [1.82, 2.24) is 10.7 Å². The molecule has 4 N–H and O–H groups in total. The van der Waals surface area contributed by atoms with E-state index in [0.29, 0.717) is 0 Å². The molecule has 3 heteroatoms. The lowest BCUT2D eigenvalue weighted by atomic mass is 10.0. The van der Waals surface area contributed by atoms with Gasteiger partial charge in [-0.15, -0.1) is 0 Å². The van der Waals surface area contributed by atoms with Crippen LogP contribution in [0.1, 0.15) is 96.8 Å².